The first-order chi connectivity index (χ1) is 12.3. The van der Waals surface area contributed by atoms with Crippen LogP contribution < -0.4 is 5.32 Å². The molecule has 1 aromatic rings. The van der Waals surface area contributed by atoms with Gasteiger partial charge in [-0.3, -0.25) is 5.32 Å². The van der Waals surface area contributed by atoms with Crippen molar-refractivity contribution in [3.05, 3.63) is 12.3 Å². The summed E-state index contributed by atoms with van der Waals surface area (Å²) in [7, 11) is 1.68. The maximum Gasteiger partial charge on any atom is 0.323 e. The Labute approximate surface area is 149 Å². The van der Waals surface area contributed by atoms with Crippen molar-refractivity contribution >= 4 is 11.8 Å². The fraction of sp³-hybridized carbons (Fsp3) is 0.778. The summed E-state index contributed by atoms with van der Waals surface area (Å²) in [5.41, 5.74) is 0. The fourth-order valence-electron chi connectivity index (χ4n) is 3.71. The molecule has 1 aliphatic carbocycles. The van der Waals surface area contributed by atoms with Crippen molar-refractivity contribution in [2.24, 2.45) is 5.92 Å². The van der Waals surface area contributed by atoms with Gasteiger partial charge in [0.1, 0.15) is 5.82 Å². The number of amides is 2. The summed E-state index contributed by atoms with van der Waals surface area (Å²) in [4.78, 5) is 14.4. The van der Waals surface area contributed by atoms with Crippen LogP contribution >= 0.6 is 0 Å². The highest BCUT2D eigenvalue weighted by Crippen LogP contribution is 2.26. The molecule has 0 unspecified atom stereocenters. The third-order valence-corrected chi connectivity index (χ3v) is 5.18. The van der Waals surface area contributed by atoms with Crippen molar-refractivity contribution in [3.63, 3.8) is 0 Å². The molecule has 1 atom stereocenters. The van der Waals surface area contributed by atoms with Gasteiger partial charge in [0.25, 0.3) is 0 Å². The summed E-state index contributed by atoms with van der Waals surface area (Å²) in [5.74, 6) is 1.46. The zero-order valence-corrected chi connectivity index (χ0v) is 15.2. The van der Waals surface area contributed by atoms with Gasteiger partial charge in [-0.1, -0.05) is 19.3 Å². The van der Waals surface area contributed by atoms with E-state index in [1.54, 1.807) is 13.3 Å². The second-order valence-electron chi connectivity index (χ2n) is 7.05. The van der Waals surface area contributed by atoms with Gasteiger partial charge in [-0.15, -0.1) is 0 Å². The molecule has 7 nitrogen and oxygen atoms in total. The van der Waals surface area contributed by atoms with E-state index in [1.807, 2.05) is 15.6 Å². The SMILES string of the molecule is COCC[C@@H]1CN(C(=O)Nc2ccnn2CC2CCCCC2)CCO1. The van der Waals surface area contributed by atoms with E-state index in [0.29, 0.717) is 32.2 Å². The Morgan fingerprint density at radius 2 is 2.24 bits per heavy atom. The van der Waals surface area contributed by atoms with Crippen LogP contribution in [0.2, 0.25) is 0 Å². The van der Waals surface area contributed by atoms with Gasteiger partial charge in [0, 0.05) is 39.4 Å². The van der Waals surface area contributed by atoms with E-state index in [1.165, 1.54) is 32.1 Å². The van der Waals surface area contributed by atoms with E-state index in [-0.39, 0.29) is 12.1 Å². The number of hydrogen-bond donors (Lipinski definition) is 1. The zero-order chi connectivity index (χ0) is 17.5. The lowest BCUT2D eigenvalue weighted by molar-refractivity contribution is -0.0260. The van der Waals surface area contributed by atoms with E-state index in [0.717, 1.165) is 18.8 Å². The average molecular weight is 350 g/mol. The number of nitrogens with zero attached hydrogens (tertiary/aromatic N) is 3. The van der Waals surface area contributed by atoms with Crippen molar-refractivity contribution in [1.82, 2.24) is 14.7 Å². The van der Waals surface area contributed by atoms with Crippen LogP contribution in [0.5, 0.6) is 0 Å². The first-order valence-corrected chi connectivity index (χ1v) is 9.44. The second-order valence-corrected chi connectivity index (χ2v) is 7.05. The molecule has 1 aliphatic heterocycles. The standard InChI is InChI=1S/C18H30N4O3/c1-24-11-8-16-14-21(10-12-25-16)18(23)20-17-7-9-19-22(17)13-15-5-3-2-4-6-15/h7,9,15-16H,2-6,8,10-14H2,1H3,(H,20,23)/t16-/m1/s1. The molecule has 2 heterocycles. The molecular formula is C18H30N4O3. The number of carbonyl (C=O) groups is 1. The molecule has 1 saturated heterocycles. The molecule has 0 radical (unpaired) electrons. The number of methoxy groups -OCH3 is 1. The highest BCUT2D eigenvalue weighted by molar-refractivity contribution is 5.88. The molecular weight excluding hydrogens is 320 g/mol. The van der Waals surface area contributed by atoms with Gasteiger partial charge in [-0.2, -0.15) is 5.10 Å². The van der Waals surface area contributed by atoms with Crippen LogP contribution in [-0.4, -0.2) is 60.2 Å². The molecule has 140 valence electrons. The number of carbonyl (C=O) groups excluding carboxylic acids is 1. The van der Waals surface area contributed by atoms with Crippen molar-refractivity contribution in [2.75, 3.05) is 38.7 Å². The lowest BCUT2D eigenvalue weighted by Crippen LogP contribution is -2.47. The quantitative estimate of drug-likeness (QED) is 0.856. The summed E-state index contributed by atoms with van der Waals surface area (Å²) in [6, 6.07) is 1.81. The van der Waals surface area contributed by atoms with E-state index >= 15 is 0 Å². The highest BCUT2D eigenvalue weighted by Gasteiger charge is 2.25. The largest absolute Gasteiger partial charge is 0.385 e. The lowest BCUT2D eigenvalue weighted by Gasteiger charge is -2.33. The molecule has 1 N–H and O–H groups in total. The number of aromatic nitrogens is 2. The molecule has 7 heteroatoms. The van der Waals surface area contributed by atoms with Crippen LogP contribution in [0.3, 0.4) is 0 Å². The molecule has 1 saturated carbocycles. The van der Waals surface area contributed by atoms with Crippen LogP contribution in [0.25, 0.3) is 0 Å². The zero-order valence-electron chi connectivity index (χ0n) is 15.2. The molecule has 2 aliphatic rings. The van der Waals surface area contributed by atoms with Crippen LogP contribution in [0, 0.1) is 5.92 Å². The Morgan fingerprint density at radius 1 is 1.40 bits per heavy atom. The first kappa shape index (κ1) is 18.2. The van der Waals surface area contributed by atoms with Crippen molar-refractivity contribution in [1.29, 1.82) is 0 Å². The van der Waals surface area contributed by atoms with E-state index < -0.39 is 0 Å². The van der Waals surface area contributed by atoms with Gasteiger partial charge < -0.3 is 14.4 Å². The average Bonchev–Trinajstić information content (AvgIpc) is 3.07. The predicted octanol–water partition coefficient (Wildman–Crippen LogP) is 2.73. The molecule has 2 amide bonds. The maximum atomic E-state index is 12.6. The number of ether oxygens (including phenoxy) is 2. The monoisotopic (exact) mass is 350 g/mol. The minimum atomic E-state index is -0.0730. The number of rotatable bonds is 6. The number of hydrogen-bond acceptors (Lipinski definition) is 4. The summed E-state index contributed by atoms with van der Waals surface area (Å²) < 4.78 is 12.7. The summed E-state index contributed by atoms with van der Waals surface area (Å²) >= 11 is 0. The van der Waals surface area contributed by atoms with Crippen LogP contribution in [-0.2, 0) is 16.0 Å². The van der Waals surface area contributed by atoms with E-state index in [4.69, 9.17) is 9.47 Å². The van der Waals surface area contributed by atoms with Crippen LogP contribution in [0.4, 0.5) is 10.6 Å². The highest BCUT2D eigenvalue weighted by atomic mass is 16.5. The predicted molar refractivity (Wildman–Crippen MR) is 95.6 cm³/mol. The van der Waals surface area contributed by atoms with Gasteiger partial charge in [0.05, 0.1) is 18.9 Å². The number of morpholine rings is 1. The van der Waals surface area contributed by atoms with E-state index in [9.17, 15) is 4.79 Å². The number of nitrogens with one attached hydrogen (secondary N) is 1. The fourth-order valence-corrected chi connectivity index (χ4v) is 3.71. The minimum Gasteiger partial charge on any atom is -0.385 e. The molecule has 25 heavy (non-hydrogen) atoms. The third kappa shape index (κ3) is 5.19. The molecule has 0 aromatic carbocycles. The van der Waals surface area contributed by atoms with Crippen molar-refractivity contribution < 1.29 is 14.3 Å². The third-order valence-electron chi connectivity index (χ3n) is 5.18. The second kappa shape index (κ2) is 9.20. The number of anilines is 1. The minimum absolute atomic E-state index is 0.0478. The van der Waals surface area contributed by atoms with Crippen molar-refractivity contribution in [2.45, 2.75) is 51.2 Å². The van der Waals surface area contributed by atoms with Gasteiger partial charge >= 0.3 is 6.03 Å². The Morgan fingerprint density at radius 3 is 3.04 bits per heavy atom. The molecule has 3 rings (SSSR count). The topological polar surface area (TPSA) is 68.6 Å². The summed E-state index contributed by atoms with van der Waals surface area (Å²) in [6.07, 6.45) is 9.11. The maximum absolute atomic E-state index is 12.6. The summed E-state index contributed by atoms with van der Waals surface area (Å²) in [6.45, 7) is 3.33. The number of urea groups is 1. The first-order valence-electron chi connectivity index (χ1n) is 9.44. The lowest BCUT2D eigenvalue weighted by atomic mass is 9.89. The Hall–Kier alpha value is -1.60. The molecule has 0 bridgehead atoms. The summed E-state index contributed by atoms with van der Waals surface area (Å²) in [5, 5.41) is 7.43. The van der Waals surface area contributed by atoms with Crippen molar-refractivity contribution in [3.8, 4) is 0 Å². The van der Waals surface area contributed by atoms with Gasteiger partial charge in [0.15, 0.2) is 0 Å². The molecule has 0 spiro atoms. The van der Waals surface area contributed by atoms with Gasteiger partial charge in [-0.05, 0) is 25.2 Å². The molecule has 1 aromatic heterocycles. The Balaban J connectivity index is 1.53. The van der Waals surface area contributed by atoms with Crippen LogP contribution in [0.15, 0.2) is 12.3 Å². The van der Waals surface area contributed by atoms with Gasteiger partial charge in [0.2, 0.25) is 0 Å². The van der Waals surface area contributed by atoms with Gasteiger partial charge in [-0.25, -0.2) is 9.48 Å². The molecule has 2 fully saturated rings. The Kier molecular flexibility index (Phi) is 6.69. The van der Waals surface area contributed by atoms with E-state index in [2.05, 4.69) is 10.4 Å². The Bertz CT molecular complexity index is 542. The van der Waals surface area contributed by atoms with Crippen LogP contribution in [0.1, 0.15) is 38.5 Å². The normalized spacial score (nSPS) is 22.1. The smallest absolute Gasteiger partial charge is 0.323 e.